The van der Waals surface area contributed by atoms with Crippen molar-refractivity contribution in [1.29, 1.82) is 0 Å². The SMILES string of the molecule is C=CCNC(C)c1cc2c(C(=O)OCC)c(-c3ccc(F)cc3)oc2cc1NS(C)(=O)=O. The quantitative estimate of drug-likeness (QED) is 0.357. The minimum Gasteiger partial charge on any atom is -0.462 e. The van der Waals surface area contributed by atoms with E-state index in [0.717, 1.165) is 6.26 Å². The summed E-state index contributed by atoms with van der Waals surface area (Å²) in [4.78, 5) is 12.9. The lowest BCUT2D eigenvalue weighted by Crippen LogP contribution is -2.21. The Bertz CT molecular complexity index is 1250. The molecule has 2 aromatic carbocycles. The summed E-state index contributed by atoms with van der Waals surface area (Å²) >= 11 is 0. The van der Waals surface area contributed by atoms with Gasteiger partial charge in [0.15, 0.2) is 0 Å². The smallest absolute Gasteiger partial charge is 0.342 e. The zero-order valence-electron chi connectivity index (χ0n) is 18.1. The van der Waals surface area contributed by atoms with Gasteiger partial charge in [-0.05, 0) is 49.7 Å². The Morgan fingerprint density at radius 2 is 1.97 bits per heavy atom. The van der Waals surface area contributed by atoms with Crippen LogP contribution in [0.2, 0.25) is 0 Å². The van der Waals surface area contributed by atoms with Crippen LogP contribution in [0.15, 0.2) is 53.5 Å². The van der Waals surface area contributed by atoms with Gasteiger partial charge in [-0.2, -0.15) is 0 Å². The summed E-state index contributed by atoms with van der Waals surface area (Å²) in [5.41, 5.74) is 1.90. The Kier molecular flexibility index (Phi) is 7.00. The van der Waals surface area contributed by atoms with E-state index in [0.29, 0.717) is 28.7 Å². The van der Waals surface area contributed by atoms with Crippen LogP contribution in [0, 0.1) is 5.82 Å². The van der Waals surface area contributed by atoms with Gasteiger partial charge in [-0.3, -0.25) is 4.72 Å². The molecule has 2 N–H and O–H groups in total. The molecular weight excluding hydrogens is 435 g/mol. The van der Waals surface area contributed by atoms with Crippen molar-refractivity contribution in [2.24, 2.45) is 0 Å². The maximum Gasteiger partial charge on any atom is 0.342 e. The first-order valence-electron chi connectivity index (χ1n) is 10.00. The van der Waals surface area contributed by atoms with Crippen LogP contribution in [0.25, 0.3) is 22.3 Å². The second-order valence-corrected chi connectivity index (χ2v) is 9.01. The first-order chi connectivity index (χ1) is 15.1. The molecule has 0 saturated carbocycles. The number of hydrogen-bond acceptors (Lipinski definition) is 6. The number of esters is 1. The van der Waals surface area contributed by atoms with E-state index < -0.39 is 21.8 Å². The minimum absolute atomic E-state index is 0.159. The predicted molar refractivity (Wildman–Crippen MR) is 123 cm³/mol. The number of benzene rings is 2. The third-order valence-corrected chi connectivity index (χ3v) is 5.37. The summed E-state index contributed by atoms with van der Waals surface area (Å²) in [6.45, 7) is 7.89. The maximum absolute atomic E-state index is 13.4. The molecule has 1 atom stereocenters. The molecule has 0 aliphatic carbocycles. The van der Waals surface area contributed by atoms with Gasteiger partial charge >= 0.3 is 5.97 Å². The summed E-state index contributed by atoms with van der Waals surface area (Å²) in [6.07, 6.45) is 2.74. The van der Waals surface area contributed by atoms with Crippen molar-refractivity contribution in [3.63, 3.8) is 0 Å². The Morgan fingerprint density at radius 1 is 1.28 bits per heavy atom. The number of sulfonamides is 1. The first kappa shape index (κ1) is 23.5. The number of fused-ring (bicyclic) bond motifs is 1. The second-order valence-electron chi connectivity index (χ2n) is 7.26. The number of carbonyl (C=O) groups is 1. The number of nitrogens with one attached hydrogen (secondary N) is 2. The number of hydrogen-bond donors (Lipinski definition) is 2. The molecule has 3 aromatic rings. The van der Waals surface area contributed by atoms with Gasteiger partial charge in [-0.1, -0.05) is 6.08 Å². The molecule has 170 valence electrons. The van der Waals surface area contributed by atoms with Crippen molar-refractivity contribution in [1.82, 2.24) is 5.32 Å². The molecule has 1 heterocycles. The van der Waals surface area contributed by atoms with Crippen molar-refractivity contribution >= 4 is 32.6 Å². The normalized spacial score (nSPS) is 12.5. The van der Waals surface area contributed by atoms with E-state index in [9.17, 15) is 17.6 Å². The van der Waals surface area contributed by atoms with E-state index >= 15 is 0 Å². The molecule has 0 saturated heterocycles. The van der Waals surface area contributed by atoms with E-state index in [1.807, 2.05) is 6.92 Å². The molecule has 0 fully saturated rings. The van der Waals surface area contributed by atoms with Gasteiger partial charge in [0.25, 0.3) is 0 Å². The molecule has 32 heavy (non-hydrogen) atoms. The molecule has 0 bridgehead atoms. The first-order valence-corrected chi connectivity index (χ1v) is 11.9. The topological polar surface area (TPSA) is 97.6 Å². The lowest BCUT2D eigenvalue weighted by atomic mass is 10.00. The number of rotatable bonds is 9. The fourth-order valence-corrected chi connectivity index (χ4v) is 3.96. The van der Waals surface area contributed by atoms with Crippen LogP contribution in [-0.2, 0) is 14.8 Å². The van der Waals surface area contributed by atoms with Gasteiger partial charge in [-0.25, -0.2) is 17.6 Å². The number of anilines is 1. The largest absolute Gasteiger partial charge is 0.462 e. The van der Waals surface area contributed by atoms with Gasteiger partial charge in [0.1, 0.15) is 22.7 Å². The zero-order valence-corrected chi connectivity index (χ0v) is 18.9. The average Bonchev–Trinajstić information content (AvgIpc) is 3.09. The summed E-state index contributed by atoms with van der Waals surface area (Å²) in [7, 11) is -3.58. The molecule has 0 amide bonds. The maximum atomic E-state index is 13.4. The number of halogens is 1. The van der Waals surface area contributed by atoms with Crippen molar-refractivity contribution in [2.45, 2.75) is 19.9 Å². The summed E-state index contributed by atoms with van der Waals surface area (Å²) in [5, 5.41) is 3.68. The third kappa shape index (κ3) is 5.17. The fraction of sp³-hybridized carbons (Fsp3) is 0.261. The Hall–Kier alpha value is -3.17. The summed E-state index contributed by atoms with van der Waals surface area (Å²) in [5.74, 6) is -0.800. The second kappa shape index (κ2) is 9.54. The van der Waals surface area contributed by atoms with Gasteiger partial charge in [0.2, 0.25) is 10.0 Å². The number of carbonyl (C=O) groups excluding carboxylic acids is 1. The molecule has 3 rings (SSSR count). The number of ether oxygens (including phenoxy) is 1. The van der Waals surface area contributed by atoms with E-state index in [1.54, 1.807) is 19.1 Å². The van der Waals surface area contributed by atoms with Gasteiger partial charge in [0.05, 0.1) is 18.6 Å². The average molecular weight is 461 g/mol. The highest BCUT2D eigenvalue weighted by Crippen LogP contribution is 2.38. The standard InChI is InChI=1S/C23H25FN2O5S/c1-5-11-25-14(3)17-12-18-20(13-19(17)26-32(4,28)29)31-22(21(18)23(27)30-6-2)15-7-9-16(24)10-8-15/h5,7-10,12-14,25-26H,1,6,11H2,2-4H3. The molecular formula is C23H25FN2O5S. The fourth-order valence-electron chi connectivity index (χ4n) is 3.39. The van der Waals surface area contributed by atoms with Crippen molar-refractivity contribution in [2.75, 3.05) is 24.1 Å². The van der Waals surface area contributed by atoms with E-state index in [4.69, 9.17) is 9.15 Å². The lowest BCUT2D eigenvalue weighted by Gasteiger charge is -2.18. The highest BCUT2D eigenvalue weighted by atomic mass is 32.2. The van der Waals surface area contributed by atoms with Crippen molar-refractivity contribution in [3.05, 3.63) is 66.0 Å². The van der Waals surface area contributed by atoms with Crippen LogP contribution in [0.1, 0.15) is 35.8 Å². The van der Waals surface area contributed by atoms with E-state index in [-0.39, 0.29) is 29.6 Å². The number of furan rings is 1. The van der Waals surface area contributed by atoms with Crippen LogP contribution in [-0.4, -0.2) is 33.8 Å². The van der Waals surface area contributed by atoms with Crippen LogP contribution < -0.4 is 10.0 Å². The monoisotopic (exact) mass is 460 g/mol. The van der Waals surface area contributed by atoms with Gasteiger partial charge in [0, 0.05) is 29.6 Å². The Labute approximate surface area is 186 Å². The van der Waals surface area contributed by atoms with Crippen molar-refractivity contribution in [3.8, 4) is 11.3 Å². The highest BCUT2D eigenvalue weighted by Gasteiger charge is 2.26. The molecule has 1 aromatic heterocycles. The minimum atomic E-state index is -3.58. The summed E-state index contributed by atoms with van der Waals surface area (Å²) in [6, 6.07) is 8.49. The molecule has 0 aliphatic heterocycles. The van der Waals surface area contributed by atoms with Crippen LogP contribution in [0.5, 0.6) is 0 Å². The Morgan fingerprint density at radius 3 is 2.56 bits per heavy atom. The highest BCUT2D eigenvalue weighted by molar-refractivity contribution is 7.92. The third-order valence-electron chi connectivity index (χ3n) is 4.78. The van der Waals surface area contributed by atoms with E-state index in [2.05, 4.69) is 16.6 Å². The molecule has 0 radical (unpaired) electrons. The van der Waals surface area contributed by atoms with Gasteiger partial charge < -0.3 is 14.5 Å². The molecule has 0 aliphatic rings. The summed E-state index contributed by atoms with van der Waals surface area (Å²) < 4.78 is 51.1. The Balaban J connectivity index is 2.29. The zero-order chi connectivity index (χ0) is 23.5. The van der Waals surface area contributed by atoms with Gasteiger partial charge in [-0.15, -0.1) is 6.58 Å². The molecule has 9 heteroatoms. The van der Waals surface area contributed by atoms with E-state index in [1.165, 1.54) is 30.3 Å². The van der Waals surface area contributed by atoms with Crippen molar-refractivity contribution < 1.29 is 26.8 Å². The van der Waals surface area contributed by atoms with Crippen LogP contribution in [0.3, 0.4) is 0 Å². The molecule has 0 spiro atoms. The molecule has 7 nitrogen and oxygen atoms in total. The van der Waals surface area contributed by atoms with Crippen LogP contribution >= 0.6 is 0 Å². The predicted octanol–water partition coefficient (Wildman–Crippen LogP) is 4.62. The lowest BCUT2D eigenvalue weighted by molar-refractivity contribution is 0.0528. The van der Waals surface area contributed by atoms with Crippen LogP contribution in [0.4, 0.5) is 10.1 Å². The molecule has 1 unspecified atom stereocenters.